The Labute approximate surface area is 343 Å². The fourth-order valence-corrected chi connectivity index (χ4v) is 9.71. The molecule has 0 amide bonds. The van der Waals surface area contributed by atoms with Crippen LogP contribution in [0.3, 0.4) is 0 Å². The smallest absolute Gasteiger partial charge is 0.118 e. The van der Waals surface area contributed by atoms with E-state index in [2.05, 4.69) is 97.1 Å². The summed E-state index contributed by atoms with van der Waals surface area (Å²) in [6, 6.07) is 44.8. The molecule has 0 aliphatic heterocycles. The van der Waals surface area contributed by atoms with E-state index in [1.807, 2.05) is 24.3 Å². The Balaban J connectivity index is 1.25. The predicted octanol–water partition coefficient (Wildman–Crippen LogP) is 11.4. The van der Waals surface area contributed by atoms with Gasteiger partial charge in [-0.15, -0.1) is 0 Å². The normalized spacial score (nSPS) is 14.1. The fraction of sp³-hybridized carbons (Fsp3) is 0.308. The van der Waals surface area contributed by atoms with Gasteiger partial charge in [0.25, 0.3) is 0 Å². The van der Waals surface area contributed by atoms with Gasteiger partial charge in [0.2, 0.25) is 0 Å². The van der Waals surface area contributed by atoms with Crippen LogP contribution in [0.2, 0.25) is 0 Å². The third-order valence-electron chi connectivity index (χ3n) is 12.8. The van der Waals surface area contributed by atoms with Crippen LogP contribution in [0.4, 0.5) is 0 Å². The number of hydrogen-bond donors (Lipinski definition) is 0. The number of ether oxygens (including phenoxy) is 6. The maximum atomic E-state index is 5.83. The van der Waals surface area contributed by atoms with E-state index in [9.17, 15) is 0 Å². The second-order valence-electron chi connectivity index (χ2n) is 15.6. The van der Waals surface area contributed by atoms with Crippen LogP contribution in [0.15, 0.2) is 121 Å². The van der Waals surface area contributed by atoms with Crippen LogP contribution < -0.4 is 9.47 Å². The molecule has 0 saturated carbocycles. The van der Waals surface area contributed by atoms with Crippen molar-refractivity contribution in [2.45, 2.75) is 36.5 Å². The van der Waals surface area contributed by atoms with Gasteiger partial charge in [-0.25, -0.2) is 0 Å². The second kappa shape index (κ2) is 16.9. The molecule has 0 unspecified atom stereocenters. The summed E-state index contributed by atoms with van der Waals surface area (Å²) in [4.78, 5) is 0. The monoisotopic (exact) mass is 774 g/mol. The van der Waals surface area contributed by atoms with E-state index < -0.39 is 0 Å². The van der Waals surface area contributed by atoms with Crippen LogP contribution in [0, 0.1) is 0 Å². The summed E-state index contributed by atoms with van der Waals surface area (Å²) in [6.07, 6.45) is 3.37. The van der Waals surface area contributed by atoms with Gasteiger partial charge in [0.1, 0.15) is 11.5 Å². The Kier molecular flexibility index (Phi) is 11.6. The van der Waals surface area contributed by atoms with Crippen molar-refractivity contribution in [2.24, 2.45) is 0 Å². The lowest BCUT2D eigenvalue weighted by Crippen LogP contribution is -2.29. The van der Waals surface area contributed by atoms with Crippen molar-refractivity contribution in [3.05, 3.63) is 144 Å². The molecule has 0 N–H and O–H groups in total. The molecule has 2 aliphatic rings. The van der Waals surface area contributed by atoms with Crippen LogP contribution in [0.1, 0.15) is 47.9 Å². The van der Waals surface area contributed by atoms with E-state index in [-0.39, 0.29) is 10.8 Å². The van der Waals surface area contributed by atoms with Crippen LogP contribution in [0.5, 0.6) is 11.5 Å². The summed E-state index contributed by atoms with van der Waals surface area (Å²) in [5.41, 5.74) is 17.0. The number of hydrogen-bond acceptors (Lipinski definition) is 6. The Hall–Kier alpha value is -5.24. The van der Waals surface area contributed by atoms with Gasteiger partial charge < -0.3 is 28.4 Å². The summed E-state index contributed by atoms with van der Waals surface area (Å²) in [6.45, 7) is 2.54. The van der Waals surface area contributed by atoms with Crippen molar-refractivity contribution in [3.8, 4) is 67.1 Å². The highest BCUT2D eigenvalue weighted by Crippen LogP contribution is 2.57. The van der Waals surface area contributed by atoms with Crippen molar-refractivity contribution >= 4 is 0 Å². The molecule has 0 heterocycles. The zero-order chi connectivity index (χ0) is 40.3. The lowest BCUT2D eigenvalue weighted by atomic mass is 9.71. The van der Waals surface area contributed by atoms with Gasteiger partial charge in [-0.1, -0.05) is 72.8 Å². The summed E-state index contributed by atoms with van der Waals surface area (Å²) < 4.78 is 34.2. The number of methoxy groups -OCH3 is 6. The second-order valence-corrected chi connectivity index (χ2v) is 15.6. The summed E-state index contributed by atoms with van der Waals surface area (Å²) >= 11 is 0. The molecule has 6 aromatic rings. The molecule has 58 heavy (non-hydrogen) atoms. The van der Waals surface area contributed by atoms with Gasteiger partial charge in [-0.3, -0.25) is 0 Å². The molecular formula is C52H54O6. The van der Waals surface area contributed by atoms with Gasteiger partial charge >= 0.3 is 0 Å². The predicted molar refractivity (Wildman–Crippen MR) is 234 cm³/mol. The Bertz CT molecular complexity index is 2190. The van der Waals surface area contributed by atoms with E-state index in [1.54, 1.807) is 42.7 Å². The molecule has 0 bridgehead atoms. The number of rotatable bonds is 17. The average molecular weight is 775 g/mol. The molecule has 0 radical (unpaired) electrons. The van der Waals surface area contributed by atoms with Crippen molar-refractivity contribution in [2.75, 3.05) is 69.1 Å². The van der Waals surface area contributed by atoms with Crippen LogP contribution >= 0.6 is 0 Å². The Morgan fingerprint density at radius 2 is 0.552 bits per heavy atom. The topological polar surface area (TPSA) is 55.4 Å². The maximum Gasteiger partial charge on any atom is 0.118 e. The highest BCUT2D eigenvalue weighted by atomic mass is 16.5. The molecular weight excluding hydrogens is 721 g/mol. The minimum atomic E-state index is -0.291. The van der Waals surface area contributed by atoms with Crippen molar-refractivity contribution in [1.29, 1.82) is 0 Å². The lowest BCUT2D eigenvalue weighted by molar-refractivity contribution is 0.145. The van der Waals surface area contributed by atoms with Crippen molar-refractivity contribution < 1.29 is 28.4 Å². The standard InChI is InChI=1S/C52H54O6/c1-53-27-23-51(24-28-54-2)47-31-37(35-7-15-41(57-5)16-8-35)11-19-43(47)45-21-13-39(33-49(45)51)40-14-22-46-44-20-12-38(36-9-17-42(58-6)18-10-36)32-48(44)52(25-29-55-3,26-30-56-4)50(46)34-40/h7-22,31-34H,23-30H2,1-6H3. The Morgan fingerprint density at radius 3 is 0.793 bits per heavy atom. The fourth-order valence-electron chi connectivity index (χ4n) is 9.71. The molecule has 6 aromatic carbocycles. The largest absolute Gasteiger partial charge is 0.497 e. The summed E-state index contributed by atoms with van der Waals surface area (Å²) in [5, 5.41) is 0. The van der Waals surface area contributed by atoms with Crippen molar-refractivity contribution in [1.82, 2.24) is 0 Å². The van der Waals surface area contributed by atoms with Gasteiger partial charge in [-0.05, 0) is 152 Å². The van der Waals surface area contributed by atoms with E-state index in [0.29, 0.717) is 26.4 Å². The van der Waals surface area contributed by atoms with Gasteiger partial charge in [0.15, 0.2) is 0 Å². The molecule has 2 aliphatic carbocycles. The quantitative estimate of drug-likeness (QED) is 0.0920. The lowest BCUT2D eigenvalue weighted by Gasteiger charge is -2.33. The molecule has 6 nitrogen and oxygen atoms in total. The maximum absolute atomic E-state index is 5.83. The van der Waals surface area contributed by atoms with E-state index in [0.717, 1.165) is 48.3 Å². The highest BCUT2D eigenvalue weighted by molar-refractivity contribution is 5.89. The third-order valence-corrected chi connectivity index (χ3v) is 12.8. The number of fused-ring (bicyclic) bond motifs is 6. The summed E-state index contributed by atoms with van der Waals surface area (Å²) in [5.74, 6) is 1.70. The molecule has 0 fully saturated rings. The minimum absolute atomic E-state index is 0.291. The van der Waals surface area contributed by atoms with Crippen LogP contribution in [-0.4, -0.2) is 69.1 Å². The first kappa shape index (κ1) is 39.6. The van der Waals surface area contributed by atoms with Crippen molar-refractivity contribution in [3.63, 3.8) is 0 Å². The van der Waals surface area contributed by atoms with Gasteiger partial charge in [0.05, 0.1) is 14.2 Å². The molecule has 8 rings (SSSR count). The zero-order valence-electron chi connectivity index (χ0n) is 34.7. The van der Waals surface area contributed by atoms with E-state index in [1.165, 1.54) is 66.8 Å². The molecule has 0 atom stereocenters. The third kappa shape index (κ3) is 6.92. The average Bonchev–Trinajstić information content (AvgIpc) is 3.71. The molecule has 0 aromatic heterocycles. The van der Waals surface area contributed by atoms with Crippen LogP contribution in [0.25, 0.3) is 55.6 Å². The molecule has 6 heteroatoms. The molecule has 298 valence electrons. The Morgan fingerprint density at radius 1 is 0.310 bits per heavy atom. The first-order valence-electron chi connectivity index (χ1n) is 20.3. The molecule has 0 saturated heterocycles. The minimum Gasteiger partial charge on any atom is -0.497 e. The SMILES string of the molecule is COCCC1(CCOC)c2cc(-c3ccc(OC)cc3)ccc2-c2ccc(-c3ccc4c(c3)C(CCOC)(CCOC)c3cc(-c5ccc(OC)cc5)ccc3-4)cc21. The zero-order valence-corrected chi connectivity index (χ0v) is 34.7. The van der Waals surface area contributed by atoms with E-state index >= 15 is 0 Å². The van der Waals surface area contributed by atoms with E-state index in [4.69, 9.17) is 28.4 Å². The first-order chi connectivity index (χ1) is 28.4. The van der Waals surface area contributed by atoms with Gasteiger partial charge in [-0.2, -0.15) is 0 Å². The number of benzene rings is 6. The summed E-state index contributed by atoms with van der Waals surface area (Å²) in [7, 11) is 10.6. The highest BCUT2D eigenvalue weighted by Gasteiger charge is 2.45. The molecule has 0 spiro atoms. The first-order valence-corrected chi connectivity index (χ1v) is 20.3. The van der Waals surface area contributed by atoms with Crippen LogP contribution in [-0.2, 0) is 29.8 Å². The van der Waals surface area contributed by atoms with Gasteiger partial charge in [0, 0.05) is 65.7 Å².